The molecule has 0 saturated carbocycles. The van der Waals surface area contributed by atoms with E-state index >= 15 is 0 Å². The maximum Gasteiger partial charge on any atom is 0.261 e. The van der Waals surface area contributed by atoms with Gasteiger partial charge in [0.1, 0.15) is 5.56 Å². The van der Waals surface area contributed by atoms with Crippen molar-refractivity contribution in [3.05, 3.63) is 108 Å². The maximum absolute atomic E-state index is 12.2. The third-order valence-corrected chi connectivity index (χ3v) is 3.26. The smallest absolute Gasteiger partial charge is 0.261 e. The van der Waals surface area contributed by atoms with Gasteiger partial charge >= 0.3 is 0 Å². The van der Waals surface area contributed by atoms with Gasteiger partial charge < -0.3 is 10.3 Å². The number of anilines is 1. The predicted molar refractivity (Wildman–Crippen MR) is 99.0 cm³/mol. The Balaban J connectivity index is 2.26. The Morgan fingerprint density at radius 2 is 1.96 bits per heavy atom. The van der Waals surface area contributed by atoms with Gasteiger partial charge in [0.25, 0.3) is 11.5 Å². The molecule has 0 saturated heterocycles. The van der Waals surface area contributed by atoms with Gasteiger partial charge in [-0.15, -0.1) is 0 Å². The van der Waals surface area contributed by atoms with Crippen LogP contribution in [0.2, 0.25) is 0 Å². The number of rotatable bonds is 6. The van der Waals surface area contributed by atoms with Crippen molar-refractivity contribution in [2.45, 2.75) is 0 Å². The summed E-state index contributed by atoms with van der Waals surface area (Å²) in [5.74, 6) is -0.454. The Morgan fingerprint density at radius 3 is 2.67 bits per heavy atom. The summed E-state index contributed by atoms with van der Waals surface area (Å²) in [4.78, 5) is 26.4. The summed E-state index contributed by atoms with van der Waals surface area (Å²) in [6, 6.07) is 10.4. The normalized spacial score (nSPS) is 11.2. The fraction of sp³-hybridized carbons (Fsp3) is 0. The molecule has 0 radical (unpaired) electrons. The van der Waals surface area contributed by atoms with E-state index in [2.05, 4.69) is 23.5 Å². The van der Waals surface area contributed by atoms with Gasteiger partial charge in [-0.05, 0) is 35.4 Å². The van der Waals surface area contributed by atoms with E-state index in [0.717, 1.165) is 11.1 Å². The van der Waals surface area contributed by atoms with Crippen LogP contribution in [0.5, 0.6) is 0 Å². The fourth-order valence-corrected chi connectivity index (χ4v) is 2.10. The SMILES string of the molecule is C=C/C=C\C=C(/C=C)c1cccc(NC(=O)c2ccc[nH]c2=O)c1. The third kappa shape index (κ3) is 4.30. The van der Waals surface area contributed by atoms with Gasteiger partial charge in [0.15, 0.2) is 0 Å². The van der Waals surface area contributed by atoms with Crippen molar-refractivity contribution < 1.29 is 4.79 Å². The van der Waals surface area contributed by atoms with E-state index < -0.39 is 11.5 Å². The molecule has 1 aromatic heterocycles. The molecule has 0 spiro atoms. The number of carbonyl (C=O) groups is 1. The van der Waals surface area contributed by atoms with Gasteiger partial charge in [0.05, 0.1) is 0 Å². The monoisotopic (exact) mass is 318 g/mol. The van der Waals surface area contributed by atoms with Crippen molar-refractivity contribution in [3.8, 4) is 0 Å². The van der Waals surface area contributed by atoms with Crippen LogP contribution < -0.4 is 10.9 Å². The van der Waals surface area contributed by atoms with Crippen LogP contribution in [0.3, 0.4) is 0 Å². The minimum absolute atomic E-state index is 0.0660. The lowest BCUT2D eigenvalue weighted by molar-refractivity contribution is 0.102. The molecule has 0 unspecified atom stereocenters. The second-order valence-corrected chi connectivity index (χ2v) is 4.89. The molecule has 0 atom stereocenters. The highest BCUT2D eigenvalue weighted by molar-refractivity contribution is 6.04. The topological polar surface area (TPSA) is 62.0 Å². The average Bonchev–Trinajstić information content (AvgIpc) is 2.59. The second-order valence-electron chi connectivity index (χ2n) is 4.89. The van der Waals surface area contributed by atoms with Crippen LogP contribution in [0.15, 0.2) is 90.9 Å². The number of H-pyrrole nitrogens is 1. The largest absolute Gasteiger partial charge is 0.328 e. The summed E-state index contributed by atoms with van der Waals surface area (Å²) in [6.07, 6.45) is 10.5. The van der Waals surface area contributed by atoms with E-state index in [-0.39, 0.29) is 5.56 Å². The highest BCUT2D eigenvalue weighted by Gasteiger charge is 2.10. The van der Waals surface area contributed by atoms with Crippen LogP contribution in [-0.2, 0) is 0 Å². The van der Waals surface area contributed by atoms with Crippen molar-refractivity contribution in [3.63, 3.8) is 0 Å². The summed E-state index contributed by atoms with van der Waals surface area (Å²) in [6.45, 7) is 7.43. The summed E-state index contributed by atoms with van der Waals surface area (Å²) >= 11 is 0. The van der Waals surface area contributed by atoms with Gasteiger partial charge in [-0.2, -0.15) is 0 Å². The molecule has 4 nitrogen and oxygen atoms in total. The maximum atomic E-state index is 12.2. The Bertz CT molecular complexity index is 873. The summed E-state index contributed by atoms with van der Waals surface area (Å²) < 4.78 is 0. The van der Waals surface area contributed by atoms with Crippen molar-refractivity contribution >= 4 is 17.2 Å². The molecule has 4 heteroatoms. The molecule has 0 aliphatic heterocycles. The van der Waals surface area contributed by atoms with Gasteiger partial charge in [-0.3, -0.25) is 9.59 Å². The van der Waals surface area contributed by atoms with Crippen molar-refractivity contribution in [1.29, 1.82) is 0 Å². The van der Waals surface area contributed by atoms with Crippen LogP contribution in [0.4, 0.5) is 5.69 Å². The van der Waals surface area contributed by atoms with Gasteiger partial charge in [0.2, 0.25) is 0 Å². The quantitative estimate of drug-likeness (QED) is 0.793. The predicted octanol–water partition coefficient (Wildman–Crippen LogP) is 3.94. The van der Waals surface area contributed by atoms with E-state index in [1.807, 2.05) is 36.4 Å². The van der Waals surface area contributed by atoms with Crippen LogP contribution >= 0.6 is 0 Å². The van der Waals surface area contributed by atoms with E-state index in [1.54, 1.807) is 24.3 Å². The van der Waals surface area contributed by atoms with Gasteiger partial charge in [-0.1, -0.05) is 55.7 Å². The molecule has 1 heterocycles. The first kappa shape index (κ1) is 17.0. The number of carbonyl (C=O) groups excluding carboxylic acids is 1. The molecule has 2 aromatic rings. The Morgan fingerprint density at radius 1 is 1.12 bits per heavy atom. The zero-order valence-corrected chi connectivity index (χ0v) is 13.2. The summed E-state index contributed by atoms with van der Waals surface area (Å²) in [7, 11) is 0. The zero-order chi connectivity index (χ0) is 17.4. The summed E-state index contributed by atoms with van der Waals surface area (Å²) in [5.41, 5.74) is 2.05. The highest BCUT2D eigenvalue weighted by Crippen LogP contribution is 2.20. The van der Waals surface area contributed by atoms with Crippen LogP contribution in [0.1, 0.15) is 15.9 Å². The van der Waals surface area contributed by atoms with Crippen molar-refractivity contribution in [2.24, 2.45) is 0 Å². The van der Waals surface area contributed by atoms with E-state index in [9.17, 15) is 9.59 Å². The zero-order valence-electron chi connectivity index (χ0n) is 13.2. The molecule has 2 N–H and O–H groups in total. The first-order chi connectivity index (χ1) is 11.7. The highest BCUT2D eigenvalue weighted by atomic mass is 16.2. The number of pyridine rings is 1. The molecular formula is C20H18N2O2. The van der Waals surface area contributed by atoms with Crippen molar-refractivity contribution in [1.82, 2.24) is 4.98 Å². The number of aromatic amines is 1. The number of benzene rings is 1. The minimum Gasteiger partial charge on any atom is -0.328 e. The number of allylic oxidation sites excluding steroid dienone is 6. The lowest BCUT2D eigenvalue weighted by atomic mass is 10.0. The minimum atomic E-state index is -0.454. The van der Waals surface area contributed by atoms with E-state index in [0.29, 0.717) is 5.69 Å². The van der Waals surface area contributed by atoms with Crippen LogP contribution in [0.25, 0.3) is 5.57 Å². The van der Waals surface area contributed by atoms with Crippen molar-refractivity contribution in [2.75, 3.05) is 5.32 Å². The molecule has 0 bridgehead atoms. The number of nitrogens with one attached hydrogen (secondary N) is 2. The van der Waals surface area contributed by atoms with E-state index in [1.165, 1.54) is 12.3 Å². The van der Waals surface area contributed by atoms with Crippen LogP contribution in [-0.4, -0.2) is 10.9 Å². The first-order valence-corrected chi connectivity index (χ1v) is 7.37. The molecule has 0 fully saturated rings. The summed E-state index contributed by atoms with van der Waals surface area (Å²) in [5, 5.41) is 2.73. The number of hydrogen-bond acceptors (Lipinski definition) is 2. The lowest BCUT2D eigenvalue weighted by Crippen LogP contribution is -2.22. The van der Waals surface area contributed by atoms with Gasteiger partial charge in [0, 0.05) is 11.9 Å². The van der Waals surface area contributed by atoms with E-state index in [4.69, 9.17) is 0 Å². The second kappa shape index (κ2) is 8.29. The Kier molecular flexibility index (Phi) is 5.86. The number of amides is 1. The average molecular weight is 318 g/mol. The fourth-order valence-electron chi connectivity index (χ4n) is 2.10. The third-order valence-electron chi connectivity index (χ3n) is 3.26. The molecule has 1 amide bonds. The first-order valence-electron chi connectivity index (χ1n) is 7.37. The molecule has 1 aromatic carbocycles. The number of aromatic nitrogens is 1. The molecule has 0 aliphatic rings. The molecule has 2 rings (SSSR count). The van der Waals surface area contributed by atoms with Crippen LogP contribution in [0, 0.1) is 0 Å². The standard InChI is InChI=1S/C20H18N2O2/c1-3-5-6-9-15(4-2)16-10-7-11-17(14-16)22-20(24)18-12-8-13-21-19(18)23/h3-14H,1-2H2,(H,21,23)(H,22,24)/b6-5-,15-9+. The lowest BCUT2D eigenvalue weighted by Gasteiger charge is -2.08. The molecule has 24 heavy (non-hydrogen) atoms. The van der Waals surface area contributed by atoms with Gasteiger partial charge in [-0.25, -0.2) is 0 Å². The molecule has 120 valence electrons. The molecular weight excluding hydrogens is 300 g/mol. The number of hydrogen-bond donors (Lipinski definition) is 2. The Hall–Kier alpha value is -3.40. The molecule has 0 aliphatic carbocycles. The Labute approximate surface area is 140 Å².